The Bertz CT molecular complexity index is 687. The second kappa shape index (κ2) is 6.66. The van der Waals surface area contributed by atoms with Crippen LogP contribution in [0.15, 0.2) is 12.1 Å². The molecule has 0 amide bonds. The Balaban J connectivity index is 2.14. The predicted molar refractivity (Wildman–Crippen MR) is 83.0 cm³/mol. The molecule has 0 saturated heterocycles. The van der Waals surface area contributed by atoms with Crippen LogP contribution in [0.2, 0.25) is 5.02 Å². The van der Waals surface area contributed by atoms with Gasteiger partial charge in [-0.15, -0.1) is 0 Å². The number of unbranched alkanes of at least 4 members (excludes halogenated alkanes) is 1. The summed E-state index contributed by atoms with van der Waals surface area (Å²) in [4.78, 5) is 0. The van der Waals surface area contributed by atoms with Crippen molar-refractivity contribution in [2.24, 2.45) is 0 Å². The molecule has 2 rings (SSSR count). The van der Waals surface area contributed by atoms with Gasteiger partial charge in [-0.05, 0) is 38.6 Å². The Morgan fingerprint density at radius 3 is 2.85 bits per heavy atom. The number of anilines is 1. The largest absolute Gasteiger partial charge is 0.320 e. The molecule has 0 aliphatic rings. The monoisotopic (exact) mass is 334 g/mol. The lowest BCUT2D eigenvalue weighted by atomic mass is 10.3. The van der Waals surface area contributed by atoms with E-state index in [1.807, 2.05) is 7.05 Å². The summed E-state index contributed by atoms with van der Waals surface area (Å²) in [6, 6.07) is 3.33. The van der Waals surface area contributed by atoms with E-state index in [0.29, 0.717) is 28.2 Å². The molecule has 1 aromatic carbocycles. The number of sulfonamides is 1. The first-order valence-electron chi connectivity index (χ1n) is 6.09. The third-order valence-corrected chi connectivity index (χ3v) is 4.92. The minimum absolute atomic E-state index is 0.0545. The minimum Gasteiger partial charge on any atom is -0.320 e. The lowest BCUT2D eigenvalue weighted by molar-refractivity contribution is 0.595. The summed E-state index contributed by atoms with van der Waals surface area (Å²) in [5, 5.41) is 3.30. The zero-order chi connectivity index (χ0) is 14.6. The van der Waals surface area contributed by atoms with Gasteiger partial charge in [-0.25, -0.2) is 8.42 Å². The molecule has 1 aromatic heterocycles. The molecule has 110 valence electrons. The Morgan fingerprint density at radius 1 is 1.30 bits per heavy atom. The van der Waals surface area contributed by atoms with Crippen LogP contribution in [0, 0.1) is 0 Å². The van der Waals surface area contributed by atoms with Crippen LogP contribution in [0.5, 0.6) is 0 Å². The molecule has 0 bridgehead atoms. The molecule has 0 spiro atoms. The van der Waals surface area contributed by atoms with E-state index in [4.69, 9.17) is 11.6 Å². The van der Waals surface area contributed by atoms with Crippen LogP contribution in [0.4, 0.5) is 5.69 Å². The Morgan fingerprint density at radius 2 is 2.10 bits per heavy atom. The van der Waals surface area contributed by atoms with Crippen molar-refractivity contribution >= 4 is 50.1 Å². The summed E-state index contributed by atoms with van der Waals surface area (Å²) in [6.07, 6.45) is 1.38. The third-order valence-electron chi connectivity index (χ3n) is 2.72. The molecule has 1 heterocycles. The molecule has 0 fully saturated rings. The zero-order valence-electron chi connectivity index (χ0n) is 10.9. The highest BCUT2D eigenvalue weighted by Crippen LogP contribution is 2.30. The molecule has 0 radical (unpaired) electrons. The van der Waals surface area contributed by atoms with Gasteiger partial charge < -0.3 is 5.32 Å². The van der Waals surface area contributed by atoms with Crippen LogP contribution >= 0.6 is 23.3 Å². The molecular weight excluding hydrogens is 320 g/mol. The number of halogens is 1. The van der Waals surface area contributed by atoms with Crippen LogP contribution in [0.25, 0.3) is 11.0 Å². The number of benzene rings is 1. The van der Waals surface area contributed by atoms with Crippen LogP contribution in [0.1, 0.15) is 12.8 Å². The fourth-order valence-electron chi connectivity index (χ4n) is 1.72. The number of fused-ring (bicyclic) bond motifs is 1. The van der Waals surface area contributed by atoms with E-state index in [9.17, 15) is 8.42 Å². The number of nitrogens with zero attached hydrogens (tertiary/aromatic N) is 2. The van der Waals surface area contributed by atoms with E-state index in [2.05, 4.69) is 18.8 Å². The van der Waals surface area contributed by atoms with E-state index in [1.165, 1.54) is 0 Å². The summed E-state index contributed by atoms with van der Waals surface area (Å²) in [6.45, 7) is 0.794. The molecule has 0 aliphatic heterocycles. The average Bonchev–Trinajstić information content (AvgIpc) is 2.87. The lowest BCUT2D eigenvalue weighted by Crippen LogP contribution is -2.18. The van der Waals surface area contributed by atoms with Gasteiger partial charge in [0.2, 0.25) is 10.0 Å². The third kappa shape index (κ3) is 3.78. The SMILES string of the molecule is CNCCCCS(=O)(=O)Nc1c(Cl)ccc2nsnc12. The van der Waals surface area contributed by atoms with E-state index in [-0.39, 0.29) is 5.75 Å². The first kappa shape index (κ1) is 15.4. The smallest absolute Gasteiger partial charge is 0.232 e. The minimum atomic E-state index is -3.43. The first-order valence-corrected chi connectivity index (χ1v) is 8.85. The maximum absolute atomic E-state index is 12.0. The standard InChI is InChI=1S/C11H15ClN4O2S2/c1-13-6-2-3-7-20(17,18)16-10-8(12)4-5-9-11(10)15-19-14-9/h4-5,13,16H,2-3,6-7H2,1H3. The topological polar surface area (TPSA) is 84.0 Å². The second-order valence-electron chi connectivity index (χ2n) is 4.29. The van der Waals surface area contributed by atoms with Gasteiger partial charge >= 0.3 is 0 Å². The molecule has 0 unspecified atom stereocenters. The number of aromatic nitrogens is 2. The molecule has 6 nitrogen and oxygen atoms in total. The molecule has 20 heavy (non-hydrogen) atoms. The normalized spacial score (nSPS) is 11.9. The van der Waals surface area contributed by atoms with Crippen molar-refractivity contribution in [1.82, 2.24) is 14.1 Å². The van der Waals surface area contributed by atoms with E-state index < -0.39 is 10.0 Å². The summed E-state index contributed by atoms with van der Waals surface area (Å²) in [5.41, 5.74) is 1.43. The summed E-state index contributed by atoms with van der Waals surface area (Å²) < 4.78 is 34.8. The van der Waals surface area contributed by atoms with Crippen molar-refractivity contribution < 1.29 is 8.42 Å². The zero-order valence-corrected chi connectivity index (χ0v) is 13.3. The summed E-state index contributed by atoms with van der Waals surface area (Å²) in [7, 11) is -1.60. The summed E-state index contributed by atoms with van der Waals surface area (Å²) >= 11 is 7.07. The van der Waals surface area contributed by atoms with Crippen LogP contribution in [-0.2, 0) is 10.0 Å². The van der Waals surface area contributed by atoms with Crippen molar-refractivity contribution in [2.45, 2.75) is 12.8 Å². The maximum Gasteiger partial charge on any atom is 0.232 e. The van der Waals surface area contributed by atoms with Crippen LogP contribution < -0.4 is 10.0 Å². The Hall–Kier alpha value is -0.960. The van der Waals surface area contributed by atoms with Crippen LogP contribution in [-0.4, -0.2) is 36.5 Å². The second-order valence-corrected chi connectivity index (χ2v) is 7.06. The van der Waals surface area contributed by atoms with Crippen LogP contribution in [0.3, 0.4) is 0 Å². The molecular formula is C11H15ClN4O2S2. The molecule has 0 aliphatic carbocycles. The Labute approximate surface area is 126 Å². The number of hydrogen-bond acceptors (Lipinski definition) is 6. The van der Waals surface area contributed by atoms with Crippen molar-refractivity contribution in [3.63, 3.8) is 0 Å². The van der Waals surface area contributed by atoms with Crippen molar-refractivity contribution in [3.05, 3.63) is 17.2 Å². The van der Waals surface area contributed by atoms with Crippen molar-refractivity contribution in [2.75, 3.05) is 24.1 Å². The molecule has 2 aromatic rings. The van der Waals surface area contributed by atoms with E-state index in [1.54, 1.807) is 12.1 Å². The fraction of sp³-hybridized carbons (Fsp3) is 0.455. The molecule has 9 heteroatoms. The van der Waals surface area contributed by atoms with Gasteiger partial charge in [0.15, 0.2) is 0 Å². The highest BCUT2D eigenvalue weighted by molar-refractivity contribution is 7.92. The average molecular weight is 335 g/mol. The highest BCUT2D eigenvalue weighted by Gasteiger charge is 2.16. The maximum atomic E-state index is 12.0. The highest BCUT2D eigenvalue weighted by atomic mass is 35.5. The molecule has 0 atom stereocenters. The number of rotatable bonds is 7. The van der Waals surface area contributed by atoms with Gasteiger partial charge in [0.25, 0.3) is 0 Å². The number of nitrogens with one attached hydrogen (secondary N) is 2. The van der Waals surface area contributed by atoms with Gasteiger partial charge in [-0.3, -0.25) is 4.72 Å². The Kier molecular flexibility index (Phi) is 5.14. The lowest BCUT2D eigenvalue weighted by Gasteiger charge is -2.09. The molecule has 2 N–H and O–H groups in total. The van der Waals surface area contributed by atoms with Gasteiger partial charge in [-0.1, -0.05) is 11.6 Å². The van der Waals surface area contributed by atoms with Gasteiger partial charge in [0.05, 0.1) is 28.2 Å². The number of hydrogen-bond donors (Lipinski definition) is 2. The predicted octanol–water partition coefficient (Wildman–Crippen LogP) is 2.09. The van der Waals surface area contributed by atoms with Gasteiger partial charge in [-0.2, -0.15) is 8.75 Å². The van der Waals surface area contributed by atoms with E-state index >= 15 is 0 Å². The summed E-state index contributed by atoms with van der Waals surface area (Å²) in [5.74, 6) is 0.0545. The first-order chi connectivity index (χ1) is 9.53. The molecule has 0 saturated carbocycles. The quantitative estimate of drug-likeness (QED) is 0.757. The van der Waals surface area contributed by atoms with Crippen molar-refractivity contribution in [3.8, 4) is 0 Å². The van der Waals surface area contributed by atoms with Gasteiger partial charge in [0.1, 0.15) is 11.0 Å². The fourth-order valence-corrected chi connectivity index (χ4v) is 3.73. The van der Waals surface area contributed by atoms with Gasteiger partial charge in [0, 0.05) is 0 Å². The van der Waals surface area contributed by atoms with E-state index in [0.717, 1.165) is 24.7 Å². The van der Waals surface area contributed by atoms with Crippen molar-refractivity contribution in [1.29, 1.82) is 0 Å².